The van der Waals surface area contributed by atoms with Gasteiger partial charge in [-0.3, -0.25) is 0 Å². The molecule has 0 saturated heterocycles. The van der Waals surface area contributed by atoms with Gasteiger partial charge in [0.25, 0.3) is 0 Å². The fraction of sp³-hybridized carbons (Fsp3) is 0. The molecule has 0 amide bonds. The highest BCUT2D eigenvalue weighted by molar-refractivity contribution is 6.30. The number of nitrogens with zero attached hydrogens (tertiary/aromatic N) is 3. The molecule has 4 aromatic carbocycles. The van der Waals surface area contributed by atoms with E-state index in [0.29, 0.717) is 22.5 Å². The smallest absolute Gasteiger partial charge is 0.164 e. The topological polar surface area (TPSA) is 51.8 Å². The highest BCUT2D eigenvalue weighted by Gasteiger charge is 2.14. The van der Waals surface area contributed by atoms with E-state index in [1.54, 1.807) is 0 Å². The van der Waals surface area contributed by atoms with Gasteiger partial charge in [0.2, 0.25) is 0 Å². The number of para-hydroxylation sites is 1. The standard InChI is InChI=1S/C27H16ClN3O/c28-20-10-6-9-18(15-20)26-29-25(17-7-2-1-3-8-17)30-27(31-26)19-13-14-22-21-11-4-5-12-23(21)32-24(22)16-19/h1-16H. The van der Waals surface area contributed by atoms with E-state index in [1.807, 2.05) is 84.9 Å². The second-order valence-electron chi connectivity index (χ2n) is 7.49. The van der Waals surface area contributed by atoms with E-state index in [4.69, 9.17) is 31.0 Å². The number of fused-ring (bicyclic) bond motifs is 3. The molecule has 6 rings (SSSR count). The van der Waals surface area contributed by atoms with Crippen LogP contribution in [-0.2, 0) is 0 Å². The largest absolute Gasteiger partial charge is 0.456 e. The van der Waals surface area contributed by atoms with Crippen LogP contribution in [0.15, 0.2) is 101 Å². The van der Waals surface area contributed by atoms with Crippen LogP contribution in [0.3, 0.4) is 0 Å². The second-order valence-corrected chi connectivity index (χ2v) is 7.93. The van der Waals surface area contributed by atoms with Gasteiger partial charge in [-0.25, -0.2) is 15.0 Å². The lowest BCUT2D eigenvalue weighted by molar-refractivity contribution is 0.669. The monoisotopic (exact) mass is 433 g/mol. The van der Waals surface area contributed by atoms with E-state index in [9.17, 15) is 0 Å². The van der Waals surface area contributed by atoms with Crippen molar-refractivity contribution in [3.05, 3.63) is 102 Å². The van der Waals surface area contributed by atoms with Crippen molar-refractivity contribution in [3.8, 4) is 34.2 Å². The average Bonchev–Trinajstić information content (AvgIpc) is 3.22. The Bertz CT molecular complexity index is 1590. The van der Waals surface area contributed by atoms with Crippen molar-refractivity contribution in [1.29, 1.82) is 0 Å². The number of halogens is 1. The summed E-state index contributed by atoms with van der Waals surface area (Å²) in [7, 11) is 0. The Morgan fingerprint density at radius 3 is 1.91 bits per heavy atom. The number of furan rings is 1. The van der Waals surface area contributed by atoms with Crippen LogP contribution in [0.1, 0.15) is 0 Å². The van der Waals surface area contributed by atoms with Crippen LogP contribution in [0.5, 0.6) is 0 Å². The van der Waals surface area contributed by atoms with Crippen LogP contribution in [0.4, 0.5) is 0 Å². The lowest BCUT2D eigenvalue weighted by Crippen LogP contribution is -2.00. The third-order valence-electron chi connectivity index (χ3n) is 5.39. The zero-order chi connectivity index (χ0) is 21.5. The summed E-state index contributed by atoms with van der Waals surface area (Å²) in [5, 5.41) is 2.79. The summed E-state index contributed by atoms with van der Waals surface area (Å²) < 4.78 is 6.07. The number of hydrogen-bond acceptors (Lipinski definition) is 4. The first-order valence-electron chi connectivity index (χ1n) is 10.2. The minimum atomic E-state index is 0.570. The Balaban J connectivity index is 1.56. The summed E-state index contributed by atoms with van der Waals surface area (Å²) >= 11 is 6.23. The van der Waals surface area contributed by atoms with Crippen LogP contribution in [0.2, 0.25) is 5.02 Å². The first-order chi connectivity index (χ1) is 15.7. The first kappa shape index (κ1) is 18.7. The molecule has 0 spiro atoms. The van der Waals surface area contributed by atoms with Crippen molar-refractivity contribution in [2.75, 3.05) is 0 Å². The van der Waals surface area contributed by atoms with Gasteiger partial charge < -0.3 is 4.42 Å². The molecule has 0 bridgehead atoms. The molecule has 0 fully saturated rings. The van der Waals surface area contributed by atoms with E-state index in [1.165, 1.54) is 0 Å². The zero-order valence-electron chi connectivity index (χ0n) is 16.9. The molecular formula is C27H16ClN3O. The summed E-state index contributed by atoms with van der Waals surface area (Å²) in [6, 6.07) is 31.5. The molecule has 0 saturated carbocycles. The summed E-state index contributed by atoms with van der Waals surface area (Å²) in [6.07, 6.45) is 0. The second kappa shape index (κ2) is 7.59. The van der Waals surface area contributed by atoms with Gasteiger partial charge in [-0.2, -0.15) is 0 Å². The third kappa shape index (κ3) is 3.31. The molecule has 2 heterocycles. The van der Waals surface area contributed by atoms with E-state index in [2.05, 4.69) is 12.1 Å². The fourth-order valence-corrected chi connectivity index (χ4v) is 4.03. The predicted octanol–water partition coefficient (Wildman–Crippen LogP) is 7.43. The maximum Gasteiger partial charge on any atom is 0.164 e. The summed E-state index contributed by atoms with van der Waals surface area (Å²) in [5.41, 5.74) is 4.28. The molecule has 0 unspecified atom stereocenters. The van der Waals surface area contributed by atoms with Crippen molar-refractivity contribution in [1.82, 2.24) is 15.0 Å². The molecule has 5 heteroatoms. The maximum absolute atomic E-state index is 6.23. The van der Waals surface area contributed by atoms with E-state index in [0.717, 1.165) is 38.6 Å². The number of aromatic nitrogens is 3. The van der Waals surface area contributed by atoms with Gasteiger partial charge in [0.15, 0.2) is 17.5 Å². The number of benzene rings is 4. The molecule has 32 heavy (non-hydrogen) atoms. The van der Waals surface area contributed by atoms with Crippen molar-refractivity contribution < 1.29 is 4.42 Å². The molecule has 0 radical (unpaired) electrons. The fourth-order valence-electron chi connectivity index (χ4n) is 3.84. The molecule has 0 atom stereocenters. The van der Waals surface area contributed by atoms with Gasteiger partial charge in [0.05, 0.1) is 0 Å². The molecular weight excluding hydrogens is 418 g/mol. The number of hydrogen-bond donors (Lipinski definition) is 0. The molecule has 4 nitrogen and oxygen atoms in total. The van der Waals surface area contributed by atoms with Gasteiger partial charge in [0, 0.05) is 32.5 Å². The Hall–Kier alpha value is -4.02. The quantitative estimate of drug-likeness (QED) is 0.291. The molecule has 152 valence electrons. The normalized spacial score (nSPS) is 11.3. The predicted molar refractivity (Wildman–Crippen MR) is 128 cm³/mol. The van der Waals surface area contributed by atoms with Crippen molar-refractivity contribution in [3.63, 3.8) is 0 Å². The average molecular weight is 434 g/mol. The van der Waals surface area contributed by atoms with Crippen LogP contribution in [0.25, 0.3) is 56.1 Å². The van der Waals surface area contributed by atoms with Crippen LogP contribution in [0, 0.1) is 0 Å². The van der Waals surface area contributed by atoms with Gasteiger partial charge in [-0.05, 0) is 30.3 Å². The SMILES string of the molecule is Clc1cccc(-c2nc(-c3ccccc3)nc(-c3ccc4c(c3)oc3ccccc34)n2)c1. The zero-order valence-corrected chi connectivity index (χ0v) is 17.6. The summed E-state index contributed by atoms with van der Waals surface area (Å²) in [4.78, 5) is 14.3. The molecule has 6 aromatic rings. The molecule has 0 N–H and O–H groups in total. The molecule has 0 aliphatic carbocycles. The van der Waals surface area contributed by atoms with Crippen molar-refractivity contribution in [2.24, 2.45) is 0 Å². The Morgan fingerprint density at radius 2 is 1.12 bits per heavy atom. The minimum Gasteiger partial charge on any atom is -0.456 e. The first-order valence-corrected chi connectivity index (χ1v) is 10.6. The Labute approximate surface area is 189 Å². The summed E-state index contributed by atoms with van der Waals surface area (Å²) in [6.45, 7) is 0. The Kier molecular flexibility index (Phi) is 4.44. The number of rotatable bonds is 3. The van der Waals surface area contributed by atoms with Gasteiger partial charge in [-0.15, -0.1) is 0 Å². The van der Waals surface area contributed by atoms with Gasteiger partial charge in [-0.1, -0.05) is 78.3 Å². The third-order valence-corrected chi connectivity index (χ3v) is 5.62. The van der Waals surface area contributed by atoms with Crippen molar-refractivity contribution in [2.45, 2.75) is 0 Å². The lowest BCUT2D eigenvalue weighted by atomic mass is 10.1. The highest BCUT2D eigenvalue weighted by atomic mass is 35.5. The highest BCUT2D eigenvalue weighted by Crippen LogP contribution is 2.32. The molecule has 0 aliphatic rings. The molecule has 0 aliphatic heterocycles. The van der Waals surface area contributed by atoms with Crippen LogP contribution >= 0.6 is 11.6 Å². The van der Waals surface area contributed by atoms with E-state index >= 15 is 0 Å². The van der Waals surface area contributed by atoms with E-state index in [-0.39, 0.29) is 0 Å². The van der Waals surface area contributed by atoms with Crippen LogP contribution in [-0.4, -0.2) is 15.0 Å². The maximum atomic E-state index is 6.23. The van der Waals surface area contributed by atoms with Crippen LogP contribution < -0.4 is 0 Å². The minimum absolute atomic E-state index is 0.570. The van der Waals surface area contributed by atoms with Crippen molar-refractivity contribution >= 4 is 33.5 Å². The molecule has 2 aromatic heterocycles. The lowest BCUT2D eigenvalue weighted by Gasteiger charge is -2.08. The van der Waals surface area contributed by atoms with Gasteiger partial charge >= 0.3 is 0 Å². The Morgan fingerprint density at radius 1 is 0.500 bits per heavy atom. The summed E-state index contributed by atoms with van der Waals surface area (Å²) in [5.74, 6) is 1.76. The van der Waals surface area contributed by atoms with E-state index < -0.39 is 0 Å². The van der Waals surface area contributed by atoms with Gasteiger partial charge in [0.1, 0.15) is 11.2 Å².